The number of unbranched alkanes of at least 4 members (excludes halogenated alkanes) is 1. The van der Waals surface area contributed by atoms with E-state index in [9.17, 15) is 8.42 Å². The molecule has 0 atom stereocenters. The van der Waals surface area contributed by atoms with Gasteiger partial charge in [0, 0.05) is 30.8 Å². The van der Waals surface area contributed by atoms with E-state index in [1.807, 2.05) is 27.7 Å². The maximum absolute atomic E-state index is 12.0. The molecule has 0 aliphatic heterocycles. The maximum atomic E-state index is 12.0. The molecule has 0 radical (unpaired) electrons. The molecule has 0 unspecified atom stereocenters. The van der Waals surface area contributed by atoms with Gasteiger partial charge in [-0.05, 0) is 6.42 Å². The van der Waals surface area contributed by atoms with Crippen LogP contribution < -0.4 is 4.72 Å². The lowest BCUT2D eigenvalue weighted by molar-refractivity contribution is 0.463. The predicted molar refractivity (Wildman–Crippen MR) is 77.4 cm³/mol. The lowest BCUT2D eigenvalue weighted by Gasteiger charge is -2.17. The molecule has 110 valence electrons. The Morgan fingerprint density at radius 2 is 2.05 bits per heavy atom. The lowest BCUT2D eigenvalue weighted by atomic mass is 9.92. The topological polar surface area (TPSA) is 78.1 Å². The molecular weight excluding hydrogens is 264 g/mol. The summed E-state index contributed by atoms with van der Waals surface area (Å²) in [5, 5.41) is 6.84. The average molecular weight is 288 g/mol. The number of rotatable bonds is 6. The van der Waals surface area contributed by atoms with Gasteiger partial charge in [-0.15, -0.1) is 0 Å². The molecule has 1 aromatic heterocycles. The lowest BCUT2D eigenvalue weighted by Crippen LogP contribution is -2.33. The van der Waals surface area contributed by atoms with E-state index in [2.05, 4.69) is 14.9 Å². The van der Waals surface area contributed by atoms with Gasteiger partial charge in [0.05, 0.1) is 0 Å². The molecule has 0 bridgehead atoms. The number of anilines is 1. The van der Waals surface area contributed by atoms with Crippen molar-refractivity contribution in [2.45, 2.75) is 46.0 Å². The summed E-state index contributed by atoms with van der Waals surface area (Å²) in [6.45, 7) is 8.63. The molecule has 19 heavy (non-hydrogen) atoms. The molecule has 1 rings (SSSR count). The van der Waals surface area contributed by atoms with E-state index >= 15 is 0 Å². The number of aromatic nitrogens is 2. The highest BCUT2D eigenvalue weighted by molar-refractivity contribution is 7.90. The Bertz CT molecular complexity index is 502. The van der Waals surface area contributed by atoms with E-state index in [1.165, 1.54) is 4.31 Å². The molecule has 6 nitrogen and oxygen atoms in total. The van der Waals surface area contributed by atoms with Crippen molar-refractivity contribution in [3.8, 4) is 0 Å². The first-order chi connectivity index (χ1) is 8.66. The van der Waals surface area contributed by atoms with Crippen LogP contribution in [0.5, 0.6) is 0 Å². The zero-order chi connectivity index (χ0) is 14.7. The number of nitrogens with one attached hydrogen (secondary N) is 2. The fourth-order valence-corrected chi connectivity index (χ4v) is 2.36. The summed E-state index contributed by atoms with van der Waals surface area (Å²) in [5.74, 6) is 0.327. The summed E-state index contributed by atoms with van der Waals surface area (Å²) >= 11 is 0. The van der Waals surface area contributed by atoms with E-state index in [-0.39, 0.29) is 5.41 Å². The van der Waals surface area contributed by atoms with E-state index in [1.54, 1.807) is 13.1 Å². The fourth-order valence-electron chi connectivity index (χ4n) is 1.47. The van der Waals surface area contributed by atoms with E-state index in [4.69, 9.17) is 0 Å². The Morgan fingerprint density at radius 3 is 2.53 bits per heavy atom. The second-order valence-electron chi connectivity index (χ2n) is 5.70. The molecule has 0 fully saturated rings. The van der Waals surface area contributed by atoms with Crippen LogP contribution in [0.2, 0.25) is 0 Å². The maximum Gasteiger partial charge on any atom is 0.302 e. The van der Waals surface area contributed by atoms with Crippen molar-refractivity contribution < 1.29 is 8.42 Å². The molecule has 0 saturated carbocycles. The second-order valence-corrected chi connectivity index (χ2v) is 7.48. The van der Waals surface area contributed by atoms with E-state index in [0.29, 0.717) is 12.4 Å². The minimum Gasteiger partial charge on any atom is -0.280 e. The number of hydrogen-bond acceptors (Lipinski definition) is 3. The largest absolute Gasteiger partial charge is 0.302 e. The van der Waals surface area contributed by atoms with Crippen LogP contribution in [-0.2, 0) is 15.6 Å². The third-order valence-electron chi connectivity index (χ3n) is 2.86. The summed E-state index contributed by atoms with van der Waals surface area (Å²) in [4.78, 5) is 0. The Labute approximate surface area is 115 Å². The van der Waals surface area contributed by atoms with Gasteiger partial charge in [-0.2, -0.15) is 17.8 Å². The minimum absolute atomic E-state index is 0.0925. The van der Waals surface area contributed by atoms with Crippen molar-refractivity contribution in [2.24, 2.45) is 0 Å². The molecule has 2 N–H and O–H groups in total. The Kier molecular flexibility index (Phi) is 4.98. The number of aromatic amines is 1. The van der Waals surface area contributed by atoms with Crippen molar-refractivity contribution >= 4 is 16.0 Å². The van der Waals surface area contributed by atoms with Gasteiger partial charge in [0.15, 0.2) is 5.82 Å². The first-order valence-corrected chi connectivity index (χ1v) is 7.91. The Morgan fingerprint density at radius 1 is 1.42 bits per heavy atom. The summed E-state index contributed by atoms with van der Waals surface area (Å²) in [7, 11) is -1.95. The van der Waals surface area contributed by atoms with Crippen LogP contribution in [0.4, 0.5) is 5.82 Å². The van der Waals surface area contributed by atoms with Crippen LogP contribution in [0.3, 0.4) is 0 Å². The van der Waals surface area contributed by atoms with Crippen molar-refractivity contribution in [1.82, 2.24) is 14.5 Å². The SMILES string of the molecule is CCCCN(C)S(=O)(=O)Nc1cc(C(C)(C)C)[nH]n1. The molecule has 0 aromatic carbocycles. The van der Waals surface area contributed by atoms with Crippen molar-refractivity contribution in [2.75, 3.05) is 18.3 Å². The van der Waals surface area contributed by atoms with Crippen molar-refractivity contribution in [3.63, 3.8) is 0 Å². The third-order valence-corrected chi connectivity index (χ3v) is 4.33. The highest BCUT2D eigenvalue weighted by Gasteiger charge is 2.21. The van der Waals surface area contributed by atoms with E-state index in [0.717, 1.165) is 18.5 Å². The van der Waals surface area contributed by atoms with Gasteiger partial charge < -0.3 is 0 Å². The normalized spacial score (nSPS) is 12.9. The van der Waals surface area contributed by atoms with Crippen molar-refractivity contribution in [1.29, 1.82) is 0 Å². The summed E-state index contributed by atoms with van der Waals surface area (Å²) in [6.07, 6.45) is 1.79. The van der Waals surface area contributed by atoms with Gasteiger partial charge in [0.1, 0.15) is 0 Å². The van der Waals surface area contributed by atoms with Gasteiger partial charge in [-0.1, -0.05) is 34.1 Å². The van der Waals surface area contributed by atoms with Gasteiger partial charge >= 0.3 is 10.2 Å². The fraction of sp³-hybridized carbons (Fsp3) is 0.750. The first kappa shape index (κ1) is 16.0. The number of nitrogens with zero attached hydrogens (tertiary/aromatic N) is 2. The molecule has 0 spiro atoms. The number of H-pyrrole nitrogens is 1. The first-order valence-electron chi connectivity index (χ1n) is 6.47. The molecule has 0 saturated heterocycles. The van der Waals surface area contributed by atoms with Gasteiger partial charge in [-0.25, -0.2) is 0 Å². The van der Waals surface area contributed by atoms with E-state index < -0.39 is 10.2 Å². The van der Waals surface area contributed by atoms with Crippen LogP contribution >= 0.6 is 0 Å². The highest BCUT2D eigenvalue weighted by atomic mass is 32.2. The van der Waals surface area contributed by atoms with Crippen molar-refractivity contribution in [3.05, 3.63) is 11.8 Å². The van der Waals surface area contributed by atoms with Gasteiger partial charge in [0.25, 0.3) is 0 Å². The monoisotopic (exact) mass is 288 g/mol. The smallest absolute Gasteiger partial charge is 0.280 e. The molecular formula is C12H24N4O2S. The van der Waals surface area contributed by atoms with Crippen LogP contribution in [0.1, 0.15) is 46.2 Å². The molecule has 0 aliphatic rings. The zero-order valence-corrected chi connectivity index (χ0v) is 13.1. The van der Waals surface area contributed by atoms with Crippen LogP contribution in [0.25, 0.3) is 0 Å². The molecule has 0 aliphatic carbocycles. The Hall–Kier alpha value is -1.08. The Balaban J connectivity index is 2.76. The highest BCUT2D eigenvalue weighted by Crippen LogP contribution is 2.22. The van der Waals surface area contributed by atoms with Crippen LogP contribution in [-0.4, -0.2) is 36.5 Å². The van der Waals surface area contributed by atoms with Crippen LogP contribution in [0, 0.1) is 0 Å². The standard InChI is InChI=1S/C12H24N4O2S/c1-6-7-8-16(5)19(17,18)15-11-9-10(13-14-11)12(2,3)4/h9H,6-8H2,1-5H3,(H2,13,14,15). The summed E-state index contributed by atoms with van der Waals surface area (Å²) < 4.78 is 27.8. The van der Waals surface area contributed by atoms with Crippen LogP contribution in [0.15, 0.2) is 6.07 Å². The van der Waals surface area contributed by atoms with Gasteiger partial charge in [0.2, 0.25) is 0 Å². The summed E-state index contributed by atoms with van der Waals surface area (Å²) in [6, 6.07) is 1.73. The number of hydrogen-bond donors (Lipinski definition) is 2. The summed E-state index contributed by atoms with van der Waals surface area (Å²) in [5.41, 5.74) is 0.798. The quantitative estimate of drug-likeness (QED) is 0.841. The third kappa shape index (κ3) is 4.50. The molecule has 0 amide bonds. The zero-order valence-electron chi connectivity index (χ0n) is 12.3. The average Bonchev–Trinajstić information content (AvgIpc) is 2.73. The minimum atomic E-state index is -3.52. The predicted octanol–water partition coefficient (Wildman–Crippen LogP) is 2.10. The second kappa shape index (κ2) is 5.92. The van der Waals surface area contributed by atoms with Gasteiger partial charge in [-0.3, -0.25) is 9.82 Å². The molecule has 1 aromatic rings. The molecule has 7 heteroatoms. The molecule has 1 heterocycles.